The first-order valence-corrected chi connectivity index (χ1v) is 8.78. The van der Waals surface area contributed by atoms with Crippen LogP contribution in [0.1, 0.15) is 12.5 Å². The molecule has 26 heavy (non-hydrogen) atoms. The molecule has 0 bridgehead atoms. The molecule has 1 heterocycles. The number of para-hydroxylation sites is 1. The topological polar surface area (TPSA) is 83.1 Å². The number of nitrogens with one attached hydrogen (secondary N) is 3. The number of nitrogens with zero attached hydrogens (tertiary/aromatic N) is 1. The third kappa shape index (κ3) is 4.54. The van der Waals surface area contributed by atoms with E-state index in [1.54, 1.807) is 13.0 Å². The van der Waals surface area contributed by atoms with Crippen molar-refractivity contribution >= 4 is 38.5 Å². The number of hydrogen-bond donors (Lipinski definition) is 3. The zero-order chi connectivity index (χ0) is 18.5. The van der Waals surface area contributed by atoms with Gasteiger partial charge >= 0.3 is 0 Å². The molecule has 0 spiro atoms. The van der Waals surface area contributed by atoms with Gasteiger partial charge in [-0.25, -0.2) is 9.37 Å². The van der Waals surface area contributed by atoms with Crippen molar-refractivity contribution in [2.24, 2.45) is 0 Å². The second kappa shape index (κ2) is 7.92. The highest BCUT2D eigenvalue weighted by Crippen LogP contribution is 2.25. The van der Waals surface area contributed by atoms with Gasteiger partial charge in [0.15, 0.2) is 5.13 Å². The van der Waals surface area contributed by atoms with Crippen molar-refractivity contribution in [3.63, 3.8) is 0 Å². The molecule has 0 fully saturated rings. The minimum atomic E-state index is -0.593. The lowest BCUT2D eigenvalue weighted by molar-refractivity contribution is -0.128. The number of halogens is 1. The summed E-state index contributed by atoms with van der Waals surface area (Å²) in [6.07, 6.45) is -0.0300. The molecular formula is C18H17FN4O2S. The van der Waals surface area contributed by atoms with E-state index < -0.39 is 23.7 Å². The molecule has 134 valence electrons. The van der Waals surface area contributed by atoms with Crippen LogP contribution in [0, 0.1) is 5.82 Å². The van der Waals surface area contributed by atoms with E-state index in [-0.39, 0.29) is 6.42 Å². The molecule has 3 rings (SSSR count). The van der Waals surface area contributed by atoms with Crippen LogP contribution in [0.25, 0.3) is 10.2 Å². The number of hydrogen-bond acceptors (Lipinski definition) is 5. The fraction of sp³-hybridized carbons (Fsp3) is 0.167. The predicted molar refractivity (Wildman–Crippen MR) is 99.1 cm³/mol. The monoisotopic (exact) mass is 372 g/mol. The predicted octanol–water partition coefficient (Wildman–Crippen LogP) is 2.63. The first-order chi connectivity index (χ1) is 12.5. The first-order valence-electron chi connectivity index (χ1n) is 7.96. The molecule has 2 aromatic carbocycles. The summed E-state index contributed by atoms with van der Waals surface area (Å²) in [5.41, 5.74) is 6.06. The molecular weight excluding hydrogens is 355 g/mol. The van der Waals surface area contributed by atoms with Crippen molar-refractivity contribution < 1.29 is 14.0 Å². The second-order valence-corrected chi connectivity index (χ2v) is 6.73. The van der Waals surface area contributed by atoms with Crippen molar-refractivity contribution in [1.82, 2.24) is 15.8 Å². The number of amides is 2. The molecule has 3 aromatic rings. The van der Waals surface area contributed by atoms with Gasteiger partial charge in [0.05, 0.1) is 16.6 Å². The molecule has 6 nitrogen and oxygen atoms in total. The fourth-order valence-corrected chi connectivity index (χ4v) is 3.25. The molecule has 1 aromatic heterocycles. The number of carbonyl (C=O) groups excluding carboxylic acids is 2. The lowest BCUT2D eigenvalue weighted by Crippen LogP contribution is -2.48. The largest absolute Gasteiger partial charge is 0.350 e. The van der Waals surface area contributed by atoms with E-state index in [9.17, 15) is 14.0 Å². The Kier molecular flexibility index (Phi) is 5.43. The molecule has 0 radical (unpaired) electrons. The van der Waals surface area contributed by atoms with Gasteiger partial charge < -0.3 is 5.32 Å². The normalized spacial score (nSPS) is 11.8. The van der Waals surface area contributed by atoms with E-state index in [0.29, 0.717) is 10.7 Å². The maximum atomic E-state index is 13.1. The first kappa shape index (κ1) is 17.8. The van der Waals surface area contributed by atoms with Crippen molar-refractivity contribution in [1.29, 1.82) is 0 Å². The van der Waals surface area contributed by atoms with Gasteiger partial charge in [0, 0.05) is 0 Å². The Hall–Kier alpha value is -3.00. The van der Waals surface area contributed by atoms with Crippen molar-refractivity contribution in [2.45, 2.75) is 19.4 Å². The van der Waals surface area contributed by atoms with Crippen LogP contribution in [0.4, 0.5) is 9.52 Å². The number of fused-ring (bicyclic) bond motifs is 1. The average Bonchev–Trinajstić information content (AvgIpc) is 3.01. The molecule has 0 aliphatic rings. The zero-order valence-electron chi connectivity index (χ0n) is 14.0. The summed E-state index contributed by atoms with van der Waals surface area (Å²) in [6, 6.07) is 12.8. The number of aromatic nitrogens is 1. The van der Waals surface area contributed by atoms with Crippen molar-refractivity contribution in [3.05, 3.63) is 59.9 Å². The molecule has 8 heteroatoms. The Morgan fingerprint density at radius 1 is 1.15 bits per heavy atom. The van der Waals surface area contributed by atoms with Crippen LogP contribution in [0.5, 0.6) is 0 Å². The summed E-state index contributed by atoms with van der Waals surface area (Å²) in [6.45, 7) is 1.67. The Morgan fingerprint density at radius 2 is 1.96 bits per heavy atom. The van der Waals surface area contributed by atoms with Crippen molar-refractivity contribution in [3.8, 4) is 0 Å². The van der Waals surface area contributed by atoms with Crippen LogP contribution >= 0.6 is 11.3 Å². The van der Waals surface area contributed by atoms with Gasteiger partial charge in [0.1, 0.15) is 11.9 Å². The molecule has 0 aliphatic carbocycles. The third-order valence-corrected chi connectivity index (χ3v) is 4.57. The third-order valence-electron chi connectivity index (χ3n) is 3.61. The molecule has 2 amide bonds. The zero-order valence-corrected chi connectivity index (χ0v) is 14.8. The minimum Gasteiger partial charge on any atom is -0.350 e. The number of rotatable bonds is 5. The number of hydrazine groups is 1. The van der Waals surface area contributed by atoms with Gasteiger partial charge in [0.25, 0.3) is 5.91 Å². The van der Waals surface area contributed by atoms with Crippen LogP contribution in [0.3, 0.4) is 0 Å². The number of carbonyl (C=O) groups is 2. The maximum Gasteiger partial charge on any atom is 0.260 e. The van der Waals surface area contributed by atoms with Crippen LogP contribution in [-0.4, -0.2) is 22.8 Å². The van der Waals surface area contributed by atoms with Gasteiger partial charge in [0.2, 0.25) is 5.91 Å². The lowest BCUT2D eigenvalue weighted by Gasteiger charge is -2.13. The standard InChI is InChI=1S/C18H17FN4O2S/c1-11(20-18-21-14-7-2-3-8-15(14)26-18)17(25)23-22-16(24)10-12-5-4-6-13(19)9-12/h2-9,11H,10H2,1H3,(H,20,21)(H,22,24)(H,23,25)/t11-/m0/s1. The molecule has 1 atom stereocenters. The van der Waals surface area contributed by atoms with E-state index >= 15 is 0 Å². The van der Waals surface area contributed by atoms with Gasteiger partial charge in [-0.05, 0) is 36.8 Å². The Bertz CT molecular complexity index is 911. The summed E-state index contributed by atoms with van der Waals surface area (Å²) in [4.78, 5) is 28.3. The Labute approximate surface area is 153 Å². The average molecular weight is 372 g/mol. The van der Waals surface area contributed by atoms with Gasteiger partial charge in [-0.3, -0.25) is 20.4 Å². The second-order valence-electron chi connectivity index (χ2n) is 5.70. The van der Waals surface area contributed by atoms with Crippen molar-refractivity contribution in [2.75, 3.05) is 5.32 Å². The number of anilines is 1. The van der Waals surface area contributed by atoms with Crippen LogP contribution in [0.2, 0.25) is 0 Å². The molecule has 0 saturated heterocycles. The van der Waals surface area contributed by atoms with E-state index in [0.717, 1.165) is 10.2 Å². The van der Waals surface area contributed by atoms with E-state index in [1.807, 2.05) is 24.3 Å². The maximum absolute atomic E-state index is 13.1. The highest BCUT2D eigenvalue weighted by Gasteiger charge is 2.15. The summed E-state index contributed by atoms with van der Waals surface area (Å²) in [7, 11) is 0. The smallest absolute Gasteiger partial charge is 0.260 e. The van der Waals surface area contributed by atoms with E-state index in [2.05, 4.69) is 21.2 Å². The van der Waals surface area contributed by atoms with Crippen LogP contribution in [0.15, 0.2) is 48.5 Å². The van der Waals surface area contributed by atoms with Gasteiger partial charge in [-0.15, -0.1) is 0 Å². The molecule has 3 N–H and O–H groups in total. The highest BCUT2D eigenvalue weighted by atomic mass is 32.1. The quantitative estimate of drug-likeness (QED) is 0.601. The van der Waals surface area contributed by atoms with E-state index in [1.165, 1.54) is 29.5 Å². The summed E-state index contributed by atoms with van der Waals surface area (Å²) >= 11 is 1.45. The van der Waals surface area contributed by atoms with Crippen LogP contribution in [-0.2, 0) is 16.0 Å². The Morgan fingerprint density at radius 3 is 2.73 bits per heavy atom. The van der Waals surface area contributed by atoms with Gasteiger partial charge in [-0.1, -0.05) is 35.6 Å². The summed E-state index contributed by atoms with van der Waals surface area (Å²) < 4.78 is 14.1. The number of benzene rings is 2. The lowest BCUT2D eigenvalue weighted by atomic mass is 10.1. The number of thiazole rings is 1. The fourth-order valence-electron chi connectivity index (χ4n) is 2.30. The SMILES string of the molecule is C[C@H](Nc1nc2ccccc2s1)C(=O)NNC(=O)Cc1cccc(F)c1. The van der Waals surface area contributed by atoms with Crippen LogP contribution < -0.4 is 16.2 Å². The Balaban J connectivity index is 1.50. The summed E-state index contributed by atoms with van der Waals surface area (Å²) in [5.74, 6) is -1.25. The molecule has 0 aliphatic heterocycles. The summed E-state index contributed by atoms with van der Waals surface area (Å²) in [5, 5.41) is 3.63. The molecule has 0 saturated carbocycles. The highest BCUT2D eigenvalue weighted by molar-refractivity contribution is 7.22. The van der Waals surface area contributed by atoms with E-state index in [4.69, 9.17) is 0 Å². The minimum absolute atomic E-state index is 0.0300. The van der Waals surface area contributed by atoms with Gasteiger partial charge in [-0.2, -0.15) is 0 Å². The molecule has 0 unspecified atom stereocenters.